The van der Waals surface area contributed by atoms with Gasteiger partial charge in [0.15, 0.2) is 9.84 Å². The SMILES string of the molecule is CCCNC(C)C(C)S(=O)(=O)Cc1ccc(Cl)cc1. The third-order valence-corrected chi connectivity index (χ3v) is 5.80. The van der Waals surface area contributed by atoms with Crippen molar-refractivity contribution < 1.29 is 8.42 Å². The Balaban J connectivity index is 2.72. The Kier molecular flexibility index (Phi) is 6.30. The molecule has 5 heteroatoms. The van der Waals surface area contributed by atoms with Crippen LogP contribution in [0.4, 0.5) is 0 Å². The topological polar surface area (TPSA) is 46.2 Å². The Bertz CT molecular complexity index is 485. The Morgan fingerprint density at radius 1 is 1.21 bits per heavy atom. The van der Waals surface area contributed by atoms with Gasteiger partial charge in [0, 0.05) is 11.1 Å². The van der Waals surface area contributed by atoms with Crippen LogP contribution < -0.4 is 5.32 Å². The summed E-state index contributed by atoms with van der Waals surface area (Å²) in [5, 5.41) is 3.44. The first-order chi connectivity index (χ1) is 8.86. The minimum atomic E-state index is -3.16. The first-order valence-corrected chi connectivity index (χ1v) is 8.65. The van der Waals surface area contributed by atoms with Crippen LogP contribution in [-0.2, 0) is 15.6 Å². The molecule has 2 unspecified atom stereocenters. The zero-order valence-corrected chi connectivity index (χ0v) is 13.3. The molecule has 0 amide bonds. The fourth-order valence-electron chi connectivity index (χ4n) is 1.79. The predicted octanol–water partition coefficient (Wildman–Crippen LogP) is 3.03. The minimum Gasteiger partial charge on any atom is -0.313 e. The van der Waals surface area contributed by atoms with E-state index in [0.717, 1.165) is 18.5 Å². The van der Waals surface area contributed by atoms with E-state index in [1.54, 1.807) is 31.2 Å². The summed E-state index contributed by atoms with van der Waals surface area (Å²) in [4.78, 5) is 0. The first-order valence-electron chi connectivity index (χ1n) is 6.56. The van der Waals surface area contributed by atoms with E-state index in [0.29, 0.717) is 5.02 Å². The van der Waals surface area contributed by atoms with Crippen molar-refractivity contribution in [3.05, 3.63) is 34.9 Å². The van der Waals surface area contributed by atoms with Gasteiger partial charge in [-0.1, -0.05) is 30.7 Å². The standard InChI is InChI=1S/C14H22ClNO2S/c1-4-9-16-11(2)12(3)19(17,18)10-13-5-7-14(15)8-6-13/h5-8,11-12,16H,4,9-10H2,1-3H3. The molecule has 0 spiro atoms. The van der Waals surface area contributed by atoms with Crippen LogP contribution in [0.1, 0.15) is 32.8 Å². The molecule has 0 fully saturated rings. The van der Waals surface area contributed by atoms with Crippen LogP contribution in [0.5, 0.6) is 0 Å². The maximum absolute atomic E-state index is 12.3. The summed E-state index contributed by atoms with van der Waals surface area (Å²) < 4.78 is 24.6. The van der Waals surface area contributed by atoms with Crippen LogP contribution >= 0.6 is 11.6 Å². The molecule has 0 bridgehead atoms. The van der Waals surface area contributed by atoms with Crippen molar-refractivity contribution in [2.75, 3.05) is 6.54 Å². The van der Waals surface area contributed by atoms with Gasteiger partial charge in [0.2, 0.25) is 0 Å². The number of halogens is 1. The molecule has 0 saturated heterocycles. The van der Waals surface area contributed by atoms with Gasteiger partial charge < -0.3 is 5.32 Å². The van der Waals surface area contributed by atoms with Gasteiger partial charge in [0.1, 0.15) is 0 Å². The molecular weight excluding hydrogens is 282 g/mol. The summed E-state index contributed by atoms with van der Waals surface area (Å²) in [6, 6.07) is 6.91. The minimum absolute atomic E-state index is 0.0442. The van der Waals surface area contributed by atoms with E-state index in [-0.39, 0.29) is 11.8 Å². The average Bonchev–Trinajstić information content (AvgIpc) is 2.37. The molecule has 0 saturated carbocycles. The smallest absolute Gasteiger partial charge is 0.158 e. The number of hydrogen-bond acceptors (Lipinski definition) is 3. The number of sulfone groups is 1. The van der Waals surface area contributed by atoms with Crippen molar-refractivity contribution >= 4 is 21.4 Å². The molecule has 1 N–H and O–H groups in total. The van der Waals surface area contributed by atoms with E-state index in [9.17, 15) is 8.42 Å². The van der Waals surface area contributed by atoms with Gasteiger partial charge in [0.05, 0.1) is 11.0 Å². The molecule has 0 aliphatic heterocycles. The van der Waals surface area contributed by atoms with Gasteiger partial charge in [0.25, 0.3) is 0 Å². The van der Waals surface area contributed by atoms with Crippen molar-refractivity contribution in [3.8, 4) is 0 Å². The molecule has 1 aromatic carbocycles. The largest absolute Gasteiger partial charge is 0.313 e. The third kappa shape index (κ3) is 5.13. The Labute approximate surface area is 121 Å². The molecule has 3 nitrogen and oxygen atoms in total. The number of benzene rings is 1. The van der Waals surface area contributed by atoms with Gasteiger partial charge in [-0.25, -0.2) is 8.42 Å². The highest BCUT2D eigenvalue weighted by molar-refractivity contribution is 7.91. The van der Waals surface area contributed by atoms with Crippen LogP contribution in [0.2, 0.25) is 5.02 Å². The highest BCUT2D eigenvalue weighted by Gasteiger charge is 2.26. The lowest BCUT2D eigenvalue weighted by Crippen LogP contribution is -2.41. The van der Waals surface area contributed by atoms with Crippen LogP contribution in [-0.4, -0.2) is 26.3 Å². The second kappa shape index (κ2) is 7.27. The van der Waals surface area contributed by atoms with Crippen molar-refractivity contribution in [1.82, 2.24) is 5.32 Å². The van der Waals surface area contributed by atoms with E-state index in [1.165, 1.54) is 0 Å². The zero-order chi connectivity index (χ0) is 14.5. The van der Waals surface area contributed by atoms with Gasteiger partial charge in [-0.05, 0) is 44.5 Å². The van der Waals surface area contributed by atoms with Crippen molar-refractivity contribution in [1.29, 1.82) is 0 Å². The number of nitrogens with one attached hydrogen (secondary N) is 1. The van der Waals surface area contributed by atoms with Crippen molar-refractivity contribution in [2.24, 2.45) is 0 Å². The summed E-state index contributed by atoms with van der Waals surface area (Å²) >= 11 is 5.79. The summed E-state index contributed by atoms with van der Waals surface area (Å²) in [7, 11) is -3.16. The van der Waals surface area contributed by atoms with E-state index >= 15 is 0 Å². The molecule has 1 rings (SSSR count). The van der Waals surface area contributed by atoms with Gasteiger partial charge >= 0.3 is 0 Å². The molecule has 0 heterocycles. The maximum atomic E-state index is 12.3. The second-order valence-electron chi connectivity index (χ2n) is 4.88. The Morgan fingerprint density at radius 3 is 2.32 bits per heavy atom. The first kappa shape index (κ1) is 16.5. The number of rotatable bonds is 7. The second-order valence-corrected chi connectivity index (χ2v) is 7.68. The fourth-order valence-corrected chi connectivity index (χ4v) is 3.56. The normalized spacial score (nSPS) is 15.2. The monoisotopic (exact) mass is 303 g/mol. The molecular formula is C14H22ClNO2S. The lowest BCUT2D eigenvalue weighted by molar-refractivity contribution is 0.509. The maximum Gasteiger partial charge on any atom is 0.158 e. The highest BCUT2D eigenvalue weighted by Crippen LogP contribution is 2.16. The van der Waals surface area contributed by atoms with E-state index < -0.39 is 15.1 Å². The molecule has 19 heavy (non-hydrogen) atoms. The molecule has 108 valence electrons. The van der Waals surface area contributed by atoms with Crippen LogP contribution in [0.25, 0.3) is 0 Å². The fraction of sp³-hybridized carbons (Fsp3) is 0.571. The highest BCUT2D eigenvalue weighted by atomic mass is 35.5. The molecule has 0 aromatic heterocycles. The van der Waals surface area contributed by atoms with Gasteiger partial charge in [-0.15, -0.1) is 0 Å². The Morgan fingerprint density at radius 2 is 1.79 bits per heavy atom. The predicted molar refractivity (Wildman–Crippen MR) is 81.3 cm³/mol. The van der Waals surface area contributed by atoms with Crippen molar-refractivity contribution in [2.45, 2.75) is 44.2 Å². The summed E-state index contributed by atoms with van der Waals surface area (Å²) in [5.41, 5.74) is 0.777. The van der Waals surface area contributed by atoms with E-state index in [4.69, 9.17) is 11.6 Å². The van der Waals surface area contributed by atoms with E-state index in [1.807, 2.05) is 6.92 Å². The van der Waals surface area contributed by atoms with Crippen LogP contribution in [0.3, 0.4) is 0 Å². The molecule has 2 atom stereocenters. The molecule has 1 aromatic rings. The Hall–Kier alpha value is -0.580. The van der Waals surface area contributed by atoms with E-state index in [2.05, 4.69) is 12.2 Å². The molecule has 0 radical (unpaired) electrons. The molecule has 0 aliphatic rings. The quantitative estimate of drug-likeness (QED) is 0.842. The lowest BCUT2D eigenvalue weighted by atomic mass is 10.2. The third-order valence-electron chi connectivity index (χ3n) is 3.27. The zero-order valence-electron chi connectivity index (χ0n) is 11.7. The van der Waals surface area contributed by atoms with Gasteiger partial charge in [-0.2, -0.15) is 0 Å². The summed E-state index contributed by atoms with van der Waals surface area (Å²) in [5.74, 6) is 0.0590. The summed E-state index contributed by atoms with van der Waals surface area (Å²) in [6.45, 7) is 6.58. The summed E-state index contributed by atoms with van der Waals surface area (Å²) in [6.07, 6.45) is 0.994. The average molecular weight is 304 g/mol. The number of hydrogen-bond donors (Lipinski definition) is 1. The van der Waals surface area contributed by atoms with Crippen LogP contribution in [0, 0.1) is 0 Å². The van der Waals surface area contributed by atoms with Gasteiger partial charge in [-0.3, -0.25) is 0 Å². The van der Waals surface area contributed by atoms with Crippen LogP contribution in [0.15, 0.2) is 24.3 Å². The van der Waals surface area contributed by atoms with Crippen molar-refractivity contribution in [3.63, 3.8) is 0 Å². The lowest BCUT2D eigenvalue weighted by Gasteiger charge is -2.21. The molecule has 0 aliphatic carbocycles.